The van der Waals surface area contributed by atoms with Crippen LogP contribution in [0, 0.1) is 0 Å². The Morgan fingerprint density at radius 2 is 1.81 bits per heavy atom. The average Bonchev–Trinajstić information content (AvgIpc) is 2.84. The van der Waals surface area contributed by atoms with Gasteiger partial charge in [-0.3, -0.25) is 4.90 Å². The van der Waals surface area contributed by atoms with Crippen molar-refractivity contribution < 1.29 is 18.3 Å². The van der Waals surface area contributed by atoms with E-state index in [4.69, 9.17) is 4.74 Å². The van der Waals surface area contributed by atoms with E-state index in [1.807, 2.05) is 13.8 Å². The van der Waals surface area contributed by atoms with E-state index in [1.165, 1.54) is 8.61 Å². The molecule has 2 aliphatic heterocycles. The summed E-state index contributed by atoms with van der Waals surface area (Å²) in [5.41, 5.74) is -0.947. The molecule has 0 radical (unpaired) electrons. The standard InChI is InChI=1S/C13H27N3O4S/c1-3-15(4-2)21(18,19)16-6-5-13(17,12-16)11-14-7-9-20-10-8-14/h17H,3-12H2,1-2H3/t13-/m0/s1. The van der Waals surface area contributed by atoms with E-state index in [9.17, 15) is 13.5 Å². The number of aliphatic hydroxyl groups is 1. The summed E-state index contributed by atoms with van der Waals surface area (Å²) in [5.74, 6) is 0. The lowest BCUT2D eigenvalue weighted by Crippen LogP contribution is -2.50. The second kappa shape index (κ2) is 6.89. The summed E-state index contributed by atoms with van der Waals surface area (Å²) < 4.78 is 33.1. The van der Waals surface area contributed by atoms with Gasteiger partial charge in [-0.05, 0) is 6.42 Å². The van der Waals surface area contributed by atoms with E-state index in [2.05, 4.69) is 4.90 Å². The molecule has 1 atom stereocenters. The molecule has 7 nitrogen and oxygen atoms in total. The minimum Gasteiger partial charge on any atom is -0.387 e. The molecule has 0 aromatic heterocycles. The first-order valence-electron chi connectivity index (χ1n) is 7.69. The minimum absolute atomic E-state index is 0.184. The van der Waals surface area contributed by atoms with Gasteiger partial charge in [-0.15, -0.1) is 0 Å². The van der Waals surface area contributed by atoms with Gasteiger partial charge in [-0.2, -0.15) is 17.0 Å². The first kappa shape index (κ1) is 17.1. The summed E-state index contributed by atoms with van der Waals surface area (Å²) in [6, 6.07) is 0. The Labute approximate surface area is 127 Å². The van der Waals surface area contributed by atoms with Crippen LogP contribution in [0.3, 0.4) is 0 Å². The quantitative estimate of drug-likeness (QED) is 0.703. The smallest absolute Gasteiger partial charge is 0.282 e. The number of nitrogens with zero attached hydrogens (tertiary/aromatic N) is 3. The highest BCUT2D eigenvalue weighted by atomic mass is 32.2. The Morgan fingerprint density at radius 3 is 2.38 bits per heavy atom. The highest BCUT2D eigenvalue weighted by molar-refractivity contribution is 7.86. The highest BCUT2D eigenvalue weighted by Gasteiger charge is 2.43. The van der Waals surface area contributed by atoms with E-state index < -0.39 is 15.8 Å². The van der Waals surface area contributed by atoms with Crippen LogP contribution in [0.1, 0.15) is 20.3 Å². The Balaban J connectivity index is 1.98. The van der Waals surface area contributed by atoms with Crippen molar-refractivity contribution in [3.8, 4) is 0 Å². The molecule has 0 unspecified atom stereocenters. The minimum atomic E-state index is -3.45. The summed E-state index contributed by atoms with van der Waals surface area (Å²) in [6.45, 7) is 8.61. The molecule has 124 valence electrons. The maximum atomic E-state index is 12.5. The molecule has 2 heterocycles. The molecule has 0 aliphatic carbocycles. The van der Waals surface area contributed by atoms with Crippen LogP contribution in [0.25, 0.3) is 0 Å². The molecular formula is C13H27N3O4S. The molecule has 8 heteroatoms. The molecule has 0 amide bonds. The van der Waals surface area contributed by atoms with Crippen LogP contribution in [0.2, 0.25) is 0 Å². The first-order valence-corrected chi connectivity index (χ1v) is 9.08. The highest BCUT2D eigenvalue weighted by Crippen LogP contribution is 2.26. The monoisotopic (exact) mass is 321 g/mol. The Morgan fingerprint density at radius 1 is 1.19 bits per heavy atom. The number of hydrogen-bond donors (Lipinski definition) is 1. The van der Waals surface area contributed by atoms with Crippen molar-refractivity contribution in [3.05, 3.63) is 0 Å². The van der Waals surface area contributed by atoms with Crippen molar-refractivity contribution >= 4 is 10.2 Å². The lowest BCUT2D eigenvalue weighted by molar-refractivity contribution is -0.0240. The third-order valence-corrected chi connectivity index (χ3v) is 6.41. The third kappa shape index (κ3) is 3.94. The predicted molar refractivity (Wildman–Crippen MR) is 80.2 cm³/mol. The molecule has 2 saturated heterocycles. The number of ether oxygens (including phenoxy) is 1. The molecule has 21 heavy (non-hydrogen) atoms. The van der Waals surface area contributed by atoms with Crippen molar-refractivity contribution in [2.75, 3.05) is 59.0 Å². The molecule has 0 saturated carbocycles. The zero-order chi connectivity index (χ0) is 15.5. The number of morpholine rings is 1. The van der Waals surface area contributed by atoms with Crippen LogP contribution in [0.5, 0.6) is 0 Å². The summed E-state index contributed by atoms with van der Waals surface area (Å²) in [6.07, 6.45) is 0.491. The van der Waals surface area contributed by atoms with Crippen molar-refractivity contribution in [1.29, 1.82) is 0 Å². The van der Waals surface area contributed by atoms with Crippen LogP contribution in [0.15, 0.2) is 0 Å². The molecular weight excluding hydrogens is 294 g/mol. The third-order valence-electron chi connectivity index (χ3n) is 4.28. The summed E-state index contributed by atoms with van der Waals surface area (Å²) in [4.78, 5) is 2.15. The molecule has 0 spiro atoms. The Bertz CT molecular complexity index is 435. The molecule has 0 aromatic rings. The fourth-order valence-corrected chi connectivity index (χ4v) is 4.74. The molecule has 1 N–H and O–H groups in total. The lowest BCUT2D eigenvalue weighted by atomic mass is 10.0. The Kier molecular flexibility index (Phi) is 5.61. The van der Waals surface area contributed by atoms with Gasteiger partial charge in [0.1, 0.15) is 0 Å². The van der Waals surface area contributed by atoms with E-state index >= 15 is 0 Å². The van der Waals surface area contributed by atoms with Crippen LogP contribution in [-0.4, -0.2) is 91.7 Å². The Hall–Kier alpha value is -0.250. The predicted octanol–water partition coefficient (Wildman–Crippen LogP) is -0.658. The van der Waals surface area contributed by atoms with Gasteiger partial charge >= 0.3 is 0 Å². The van der Waals surface area contributed by atoms with E-state index in [0.717, 1.165) is 13.1 Å². The second-order valence-corrected chi connectivity index (χ2v) is 7.72. The molecule has 0 aromatic carbocycles. The van der Waals surface area contributed by atoms with E-state index in [-0.39, 0.29) is 6.54 Å². The summed E-state index contributed by atoms with van der Waals surface area (Å²) in [7, 11) is -3.45. The number of rotatable bonds is 6. The van der Waals surface area contributed by atoms with Gasteiger partial charge in [0.05, 0.1) is 18.8 Å². The van der Waals surface area contributed by atoms with Gasteiger partial charge in [-0.25, -0.2) is 0 Å². The van der Waals surface area contributed by atoms with Crippen molar-refractivity contribution in [2.24, 2.45) is 0 Å². The summed E-state index contributed by atoms with van der Waals surface area (Å²) >= 11 is 0. The van der Waals surface area contributed by atoms with Crippen molar-refractivity contribution in [1.82, 2.24) is 13.5 Å². The van der Waals surface area contributed by atoms with Gasteiger partial charge < -0.3 is 9.84 Å². The maximum Gasteiger partial charge on any atom is 0.282 e. The average molecular weight is 321 g/mol. The number of β-amino-alcohol motifs (C(OH)–C–C–N with tert-alkyl or cyclic N) is 1. The van der Waals surface area contributed by atoms with Crippen LogP contribution in [0.4, 0.5) is 0 Å². The second-order valence-electron chi connectivity index (χ2n) is 5.79. The van der Waals surface area contributed by atoms with Gasteiger partial charge in [0.2, 0.25) is 0 Å². The fourth-order valence-electron chi connectivity index (χ4n) is 3.03. The lowest BCUT2D eigenvalue weighted by Gasteiger charge is -2.34. The topological polar surface area (TPSA) is 73.3 Å². The van der Waals surface area contributed by atoms with Gasteiger partial charge in [0.25, 0.3) is 10.2 Å². The molecule has 0 bridgehead atoms. The molecule has 2 fully saturated rings. The van der Waals surface area contributed by atoms with Crippen LogP contribution in [-0.2, 0) is 14.9 Å². The van der Waals surface area contributed by atoms with Crippen LogP contribution < -0.4 is 0 Å². The summed E-state index contributed by atoms with van der Waals surface area (Å²) in [5, 5.41) is 10.7. The SMILES string of the molecule is CCN(CC)S(=O)(=O)N1CC[C@](O)(CN2CCOCC2)C1. The molecule has 2 rings (SSSR count). The fraction of sp³-hybridized carbons (Fsp3) is 1.00. The van der Waals surface area contributed by atoms with Gasteiger partial charge in [-0.1, -0.05) is 13.8 Å². The van der Waals surface area contributed by atoms with Crippen molar-refractivity contribution in [2.45, 2.75) is 25.9 Å². The first-order chi connectivity index (χ1) is 9.91. The van der Waals surface area contributed by atoms with Crippen molar-refractivity contribution in [3.63, 3.8) is 0 Å². The maximum absolute atomic E-state index is 12.5. The van der Waals surface area contributed by atoms with Gasteiger partial charge in [0.15, 0.2) is 0 Å². The largest absolute Gasteiger partial charge is 0.387 e. The van der Waals surface area contributed by atoms with E-state index in [0.29, 0.717) is 45.8 Å². The zero-order valence-electron chi connectivity index (χ0n) is 13.0. The normalized spacial score (nSPS) is 29.3. The molecule has 2 aliphatic rings. The van der Waals surface area contributed by atoms with Gasteiger partial charge in [0, 0.05) is 45.8 Å². The zero-order valence-corrected chi connectivity index (χ0v) is 13.8. The van der Waals surface area contributed by atoms with E-state index in [1.54, 1.807) is 0 Å². The van der Waals surface area contributed by atoms with Crippen LogP contribution >= 0.6 is 0 Å². The number of hydrogen-bond acceptors (Lipinski definition) is 5.